The van der Waals surface area contributed by atoms with Crippen LogP contribution in [0.15, 0.2) is 29.2 Å². The van der Waals surface area contributed by atoms with Crippen molar-refractivity contribution in [3.63, 3.8) is 0 Å². The number of carbonyl (C=O) groups excluding carboxylic acids is 1. The standard InChI is InChI=1S/C21H23F3N6O3S/c1-13-17(14(2)30-20(25-13)27-19(28-30)21(22,23)24)12-18(31)26-15-7-6-8-16(11-15)34(32,33)29-9-4-3-5-10-29/h6-8,11H,3-5,9-10,12H2,1-2H3,(H,26,31). The fourth-order valence-corrected chi connectivity index (χ4v) is 5.50. The minimum absolute atomic E-state index is 0.0879. The number of rotatable bonds is 5. The summed E-state index contributed by atoms with van der Waals surface area (Å²) >= 11 is 0. The fourth-order valence-electron chi connectivity index (χ4n) is 3.94. The second-order valence-corrected chi connectivity index (χ2v) is 10.1. The first-order valence-corrected chi connectivity index (χ1v) is 12.1. The van der Waals surface area contributed by atoms with E-state index in [2.05, 4.69) is 20.4 Å². The van der Waals surface area contributed by atoms with Crippen LogP contribution in [0.4, 0.5) is 18.9 Å². The van der Waals surface area contributed by atoms with E-state index in [4.69, 9.17) is 0 Å². The molecule has 4 rings (SSSR count). The van der Waals surface area contributed by atoms with Gasteiger partial charge >= 0.3 is 6.18 Å². The molecule has 1 aromatic carbocycles. The summed E-state index contributed by atoms with van der Waals surface area (Å²) in [6.45, 7) is 4.03. The molecule has 0 atom stereocenters. The maximum absolute atomic E-state index is 13.0. The van der Waals surface area contributed by atoms with Crippen LogP contribution < -0.4 is 5.32 Å². The summed E-state index contributed by atoms with van der Waals surface area (Å²) < 4.78 is 67.1. The zero-order valence-electron chi connectivity index (χ0n) is 18.6. The predicted molar refractivity (Wildman–Crippen MR) is 117 cm³/mol. The number of fused-ring (bicyclic) bond motifs is 1. The SMILES string of the molecule is Cc1nc2nc(C(F)(F)F)nn2c(C)c1CC(=O)Nc1cccc(S(=O)(=O)N2CCCCC2)c1. The van der Waals surface area contributed by atoms with Gasteiger partial charge in [-0.2, -0.15) is 22.5 Å². The summed E-state index contributed by atoms with van der Waals surface area (Å²) in [7, 11) is -3.67. The second kappa shape index (κ2) is 8.95. The van der Waals surface area contributed by atoms with Crippen LogP contribution in [-0.4, -0.2) is 51.3 Å². The maximum Gasteiger partial charge on any atom is 0.453 e. The molecule has 0 radical (unpaired) electrons. The van der Waals surface area contributed by atoms with E-state index in [1.807, 2.05) is 0 Å². The van der Waals surface area contributed by atoms with Gasteiger partial charge in [0.1, 0.15) is 0 Å². The van der Waals surface area contributed by atoms with Crippen LogP contribution in [0.1, 0.15) is 42.0 Å². The van der Waals surface area contributed by atoms with Crippen LogP contribution in [0.2, 0.25) is 0 Å². The first kappa shape index (κ1) is 24.1. The Kier molecular flexibility index (Phi) is 6.34. The number of hydrogen-bond donors (Lipinski definition) is 1. The van der Waals surface area contributed by atoms with E-state index in [9.17, 15) is 26.4 Å². The Morgan fingerprint density at radius 1 is 1.12 bits per heavy atom. The van der Waals surface area contributed by atoms with Gasteiger partial charge in [-0.15, -0.1) is 5.10 Å². The number of nitrogens with one attached hydrogen (secondary N) is 1. The Balaban J connectivity index is 1.55. The highest BCUT2D eigenvalue weighted by atomic mass is 32.2. The Bertz CT molecular complexity index is 1350. The van der Waals surface area contributed by atoms with Crippen LogP contribution in [-0.2, 0) is 27.4 Å². The molecule has 182 valence electrons. The molecule has 0 spiro atoms. The Hall–Kier alpha value is -3.06. The van der Waals surface area contributed by atoms with Gasteiger partial charge in [0.15, 0.2) is 0 Å². The highest BCUT2D eigenvalue weighted by molar-refractivity contribution is 7.89. The lowest BCUT2D eigenvalue weighted by molar-refractivity contribution is -0.144. The normalized spacial score (nSPS) is 15.6. The maximum atomic E-state index is 13.0. The zero-order chi connectivity index (χ0) is 24.7. The third-order valence-corrected chi connectivity index (χ3v) is 7.61. The summed E-state index contributed by atoms with van der Waals surface area (Å²) in [5.74, 6) is -1.99. The zero-order valence-corrected chi connectivity index (χ0v) is 19.4. The van der Waals surface area contributed by atoms with Crippen LogP contribution in [0.3, 0.4) is 0 Å². The van der Waals surface area contributed by atoms with E-state index in [-0.39, 0.29) is 17.1 Å². The summed E-state index contributed by atoms with van der Waals surface area (Å²) in [5, 5.41) is 6.14. The van der Waals surface area contributed by atoms with Crippen molar-refractivity contribution in [2.75, 3.05) is 18.4 Å². The summed E-state index contributed by atoms with van der Waals surface area (Å²) in [6, 6.07) is 6.00. The van der Waals surface area contributed by atoms with Gasteiger partial charge in [0.2, 0.25) is 15.9 Å². The molecule has 0 unspecified atom stereocenters. The molecular formula is C21H23F3N6O3S. The Morgan fingerprint density at radius 3 is 2.50 bits per heavy atom. The molecule has 0 bridgehead atoms. The fraction of sp³-hybridized carbons (Fsp3) is 0.429. The average molecular weight is 497 g/mol. The highest BCUT2D eigenvalue weighted by Crippen LogP contribution is 2.27. The number of aryl methyl sites for hydroxylation is 2. The number of sulfonamides is 1. The number of piperidine rings is 1. The van der Waals surface area contributed by atoms with Gasteiger partial charge in [0.25, 0.3) is 11.6 Å². The van der Waals surface area contributed by atoms with Crippen molar-refractivity contribution in [2.45, 2.75) is 50.6 Å². The Labute approximate surface area is 194 Å². The molecule has 1 amide bonds. The van der Waals surface area contributed by atoms with Gasteiger partial charge in [-0.05, 0) is 44.9 Å². The lowest BCUT2D eigenvalue weighted by atomic mass is 10.1. The van der Waals surface area contributed by atoms with Gasteiger partial charge in [-0.1, -0.05) is 12.5 Å². The van der Waals surface area contributed by atoms with Crippen molar-refractivity contribution >= 4 is 27.4 Å². The van der Waals surface area contributed by atoms with Crippen molar-refractivity contribution in [1.29, 1.82) is 0 Å². The minimum atomic E-state index is -4.72. The molecule has 0 saturated carbocycles. The van der Waals surface area contributed by atoms with Gasteiger partial charge in [0, 0.05) is 35.7 Å². The van der Waals surface area contributed by atoms with Crippen LogP contribution in [0.25, 0.3) is 5.78 Å². The molecule has 1 aliphatic rings. The third kappa shape index (κ3) is 4.75. The minimum Gasteiger partial charge on any atom is -0.326 e. The van der Waals surface area contributed by atoms with Crippen molar-refractivity contribution in [3.05, 3.63) is 47.0 Å². The molecule has 34 heavy (non-hydrogen) atoms. The summed E-state index contributed by atoms with van der Waals surface area (Å²) in [4.78, 5) is 20.3. The monoisotopic (exact) mass is 496 g/mol. The summed E-state index contributed by atoms with van der Waals surface area (Å²) in [5.41, 5.74) is 1.36. The predicted octanol–water partition coefficient (Wildman–Crippen LogP) is 3.12. The topological polar surface area (TPSA) is 110 Å². The van der Waals surface area contributed by atoms with E-state index >= 15 is 0 Å². The van der Waals surface area contributed by atoms with Crippen molar-refractivity contribution in [3.8, 4) is 0 Å². The molecule has 9 nitrogen and oxygen atoms in total. The molecule has 13 heteroatoms. The molecule has 2 aromatic heterocycles. The van der Waals surface area contributed by atoms with Gasteiger partial charge in [-0.25, -0.2) is 17.9 Å². The van der Waals surface area contributed by atoms with Crippen molar-refractivity contribution < 1.29 is 26.4 Å². The van der Waals surface area contributed by atoms with Crippen molar-refractivity contribution in [2.24, 2.45) is 0 Å². The molecule has 0 aliphatic carbocycles. The van der Waals surface area contributed by atoms with E-state index in [0.717, 1.165) is 23.8 Å². The number of halogens is 3. The molecule has 1 fully saturated rings. The van der Waals surface area contributed by atoms with E-state index in [1.165, 1.54) is 23.4 Å². The quantitative estimate of drug-likeness (QED) is 0.581. The van der Waals surface area contributed by atoms with Crippen LogP contribution in [0.5, 0.6) is 0 Å². The molecule has 1 saturated heterocycles. The number of hydrogen-bond acceptors (Lipinski definition) is 6. The third-order valence-electron chi connectivity index (χ3n) is 5.71. The highest BCUT2D eigenvalue weighted by Gasteiger charge is 2.37. The number of nitrogens with zero attached hydrogens (tertiary/aromatic N) is 5. The van der Waals surface area contributed by atoms with Gasteiger partial charge < -0.3 is 5.32 Å². The number of benzene rings is 1. The van der Waals surface area contributed by atoms with E-state index < -0.39 is 27.9 Å². The van der Waals surface area contributed by atoms with Crippen LogP contribution >= 0.6 is 0 Å². The lowest BCUT2D eigenvalue weighted by Gasteiger charge is -2.26. The average Bonchev–Trinajstić information content (AvgIpc) is 3.22. The Morgan fingerprint density at radius 2 is 1.82 bits per heavy atom. The molecular weight excluding hydrogens is 473 g/mol. The van der Waals surface area contributed by atoms with Crippen LogP contribution in [0, 0.1) is 13.8 Å². The number of carbonyl (C=O) groups is 1. The van der Waals surface area contributed by atoms with E-state index in [0.29, 0.717) is 35.7 Å². The molecule has 3 heterocycles. The smallest absolute Gasteiger partial charge is 0.326 e. The first-order chi connectivity index (χ1) is 16.0. The largest absolute Gasteiger partial charge is 0.453 e. The van der Waals surface area contributed by atoms with Gasteiger partial charge in [0.05, 0.1) is 11.3 Å². The lowest BCUT2D eigenvalue weighted by Crippen LogP contribution is -2.35. The number of amides is 1. The number of aromatic nitrogens is 4. The number of alkyl halides is 3. The first-order valence-electron chi connectivity index (χ1n) is 10.7. The second-order valence-electron chi connectivity index (χ2n) is 8.12. The molecule has 1 aliphatic heterocycles. The van der Waals surface area contributed by atoms with Gasteiger partial charge in [-0.3, -0.25) is 4.79 Å². The van der Waals surface area contributed by atoms with Crippen molar-refractivity contribution in [1.82, 2.24) is 23.9 Å². The molecule has 1 N–H and O–H groups in total. The summed E-state index contributed by atoms with van der Waals surface area (Å²) in [6.07, 6.45) is -2.30. The number of anilines is 1. The van der Waals surface area contributed by atoms with E-state index in [1.54, 1.807) is 19.1 Å². The molecule has 3 aromatic rings.